The molecular weight excluding hydrogens is 281 g/mol. The lowest BCUT2D eigenvalue weighted by Gasteiger charge is -2.23. The van der Waals surface area contributed by atoms with Gasteiger partial charge in [-0.15, -0.1) is 0 Å². The van der Waals surface area contributed by atoms with Gasteiger partial charge in [-0.2, -0.15) is 0 Å². The van der Waals surface area contributed by atoms with Gasteiger partial charge in [0.05, 0.1) is 0 Å². The predicted molar refractivity (Wildman–Crippen MR) is 87.6 cm³/mol. The van der Waals surface area contributed by atoms with E-state index in [-0.39, 0.29) is 17.8 Å². The lowest BCUT2D eigenvalue weighted by molar-refractivity contribution is -0.127. The van der Waals surface area contributed by atoms with Crippen molar-refractivity contribution >= 4 is 11.6 Å². The van der Waals surface area contributed by atoms with Crippen molar-refractivity contribution in [1.29, 1.82) is 0 Å². The quantitative estimate of drug-likeness (QED) is 0.786. The highest BCUT2D eigenvalue weighted by Gasteiger charge is 2.19. The summed E-state index contributed by atoms with van der Waals surface area (Å²) in [5.41, 5.74) is 1.98. The normalized spacial score (nSPS) is 16.2. The summed E-state index contributed by atoms with van der Waals surface area (Å²) in [5, 5.41) is 3.47. The minimum Gasteiger partial charge on any atom is -0.377 e. The summed E-state index contributed by atoms with van der Waals surface area (Å²) in [5.74, 6) is 0.0636. The SMILES string of the molecule is C[C@H](NCCCN1CCCC1=O)c1ccc(F)cc1N(C)C. The van der Waals surface area contributed by atoms with Crippen LogP contribution in [0.3, 0.4) is 0 Å². The summed E-state index contributed by atoms with van der Waals surface area (Å²) in [6, 6.07) is 5.05. The van der Waals surface area contributed by atoms with Crippen molar-refractivity contribution in [1.82, 2.24) is 10.2 Å². The van der Waals surface area contributed by atoms with Crippen molar-refractivity contribution in [2.45, 2.75) is 32.2 Å². The molecule has 0 spiro atoms. The molecule has 1 amide bonds. The molecule has 0 saturated carbocycles. The van der Waals surface area contributed by atoms with Crippen LogP contribution in [0.25, 0.3) is 0 Å². The van der Waals surface area contributed by atoms with E-state index >= 15 is 0 Å². The Kier molecular flexibility index (Phi) is 5.77. The molecule has 1 heterocycles. The molecule has 2 rings (SSSR count). The Labute approximate surface area is 132 Å². The first-order valence-corrected chi connectivity index (χ1v) is 7.97. The Morgan fingerprint density at radius 3 is 2.82 bits per heavy atom. The highest BCUT2D eigenvalue weighted by molar-refractivity contribution is 5.77. The minimum absolute atomic E-state index is 0.146. The number of hydrogen-bond donors (Lipinski definition) is 1. The van der Waals surface area contributed by atoms with E-state index < -0.39 is 0 Å². The van der Waals surface area contributed by atoms with Crippen LogP contribution in [0.5, 0.6) is 0 Å². The van der Waals surface area contributed by atoms with E-state index in [1.165, 1.54) is 6.07 Å². The molecule has 0 unspecified atom stereocenters. The molecule has 4 nitrogen and oxygen atoms in total. The van der Waals surface area contributed by atoms with Crippen LogP contribution in [0.2, 0.25) is 0 Å². The smallest absolute Gasteiger partial charge is 0.222 e. The second-order valence-corrected chi connectivity index (χ2v) is 6.11. The van der Waals surface area contributed by atoms with Gasteiger partial charge in [-0.1, -0.05) is 6.07 Å². The van der Waals surface area contributed by atoms with Gasteiger partial charge in [-0.25, -0.2) is 4.39 Å². The van der Waals surface area contributed by atoms with E-state index in [0.29, 0.717) is 6.42 Å². The molecular formula is C17H26FN3O. The van der Waals surface area contributed by atoms with Crippen LogP contribution < -0.4 is 10.2 Å². The van der Waals surface area contributed by atoms with E-state index in [0.717, 1.165) is 43.7 Å². The van der Waals surface area contributed by atoms with Crippen LogP contribution >= 0.6 is 0 Å². The van der Waals surface area contributed by atoms with Gasteiger partial charge in [-0.3, -0.25) is 4.79 Å². The van der Waals surface area contributed by atoms with Gasteiger partial charge in [-0.05, 0) is 44.0 Å². The zero-order valence-electron chi connectivity index (χ0n) is 13.7. The topological polar surface area (TPSA) is 35.6 Å². The molecule has 5 heteroatoms. The Hall–Kier alpha value is -1.62. The molecule has 0 aliphatic carbocycles. The Morgan fingerprint density at radius 2 is 2.18 bits per heavy atom. The number of benzene rings is 1. The van der Waals surface area contributed by atoms with Crippen LogP contribution in [0.1, 0.15) is 37.8 Å². The number of hydrogen-bond acceptors (Lipinski definition) is 3. The van der Waals surface area contributed by atoms with Crippen LogP contribution in [0.4, 0.5) is 10.1 Å². The fraction of sp³-hybridized carbons (Fsp3) is 0.588. The van der Waals surface area contributed by atoms with Gasteiger partial charge in [0, 0.05) is 45.3 Å². The lowest BCUT2D eigenvalue weighted by Crippen LogP contribution is -2.29. The minimum atomic E-state index is -0.216. The van der Waals surface area contributed by atoms with E-state index in [9.17, 15) is 9.18 Å². The van der Waals surface area contributed by atoms with E-state index in [1.807, 2.05) is 30.0 Å². The Balaban J connectivity index is 1.84. The highest BCUT2D eigenvalue weighted by Crippen LogP contribution is 2.26. The van der Waals surface area contributed by atoms with Crippen molar-refractivity contribution in [3.63, 3.8) is 0 Å². The first kappa shape index (κ1) is 16.7. The van der Waals surface area contributed by atoms with E-state index in [4.69, 9.17) is 0 Å². The molecule has 1 fully saturated rings. The summed E-state index contributed by atoms with van der Waals surface area (Å²) in [6.45, 7) is 4.65. The number of amides is 1. The summed E-state index contributed by atoms with van der Waals surface area (Å²) in [4.78, 5) is 15.4. The number of nitrogens with zero attached hydrogens (tertiary/aromatic N) is 2. The van der Waals surface area contributed by atoms with Crippen LogP contribution in [0, 0.1) is 5.82 Å². The van der Waals surface area contributed by atoms with Crippen molar-refractivity contribution in [2.24, 2.45) is 0 Å². The molecule has 1 aromatic rings. The van der Waals surface area contributed by atoms with Gasteiger partial charge in [0.25, 0.3) is 0 Å². The van der Waals surface area contributed by atoms with E-state index in [1.54, 1.807) is 6.07 Å². The van der Waals surface area contributed by atoms with Gasteiger partial charge in [0.2, 0.25) is 5.91 Å². The zero-order chi connectivity index (χ0) is 16.1. The van der Waals surface area contributed by atoms with Gasteiger partial charge >= 0.3 is 0 Å². The van der Waals surface area contributed by atoms with Gasteiger partial charge < -0.3 is 15.1 Å². The number of carbonyl (C=O) groups is 1. The first-order chi connectivity index (χ1) is 10.5. The predicted octanol–water partition coefficient (Wildman–Crippen LogP) is 2.55. The Morgan fingerprint density at radius 1 is 1.41 bits per heavy atom. The molecule has 122 valence electrons. The van der Waals surface area contributed by atoms with Gasteiger partial charge in [0.15, 0.2) is 0 Å². The average molecular weight is 307 g/mol. The van der Waals surface area contributed by atoms with Crippen molar-refractivity contribution < 1.29 is 9.18 Å². The fourth-order valence-corrected chi connectivity index (χ4v) is 2.91. The summed E-state index contributed by atoms with van der Waals surface area (Å²) < 4.78 is 13.4. The highest BCUT2D eigenvalue weighted by atomic mass is 19.1. The van der Waals surface area contributed by atoms with Gasteiger partial charge in [0.1, 0.15) is 5.82 Å². The third-order valence-corrected chi connectivity index (χ3v) is 4.17. The Bertz CT molecular complexity index is 519. The van der Waals surface area contributed by atoms with Crippen LogP contribution in [-0.4, -0.2) is 44.5 Å². The van der Waals surface area contributed by atoms with Crippen LogP contribution in [-0.2, 0) is 4.79 Å². The molecule has 1 aromatic carbocycles. The standard InChI is InChI=1S/C17H26FN3O/c1-13(15-8-7-14(18)12-16(15)20(2)3)19-9-5-11-21-10-4-6-17(21)22/h7-8,12-13,19H,4-6,9-11H2,1-3H3/t13-/m0/s1. The second kappa shape index (κ2) is 7.58. The number of halogens is 1. The average Bonchev–Trinajstić information content (AvgIpc) is 2.88. The maximum atomic E-state index is 13.4. The van der Waals surface area contributed by atoms with Crippen molar-refractivity contribution in [2.75, 3.05) is 38.6 Å². The van der Waals surface area contributed by atoms with Crippen LogP contribution in [0.15, 0.2) is 18.2 Å². The number of carbonyl (C=O) groups excluding carboxylic acids is 1. The summed E-state index contributed by atoms with van der Waals surface area (Å²) >= 11 is 0. The maximum absolute atomic E-state index is 13.4. The largest absolute Gasteiger partial charge is 0.377 e. The summed E-state index contributed by atoms with van der Waals surface area (Å²) in [6.07, 6.45) is 2.63. The third kappa shape index (κ3) is 4.19. The number of rotatable bonds is 7. The fourth-order valence-electron chi connectivity index (χ4n) is 2.91. The molecule has 22 heavy (non-hydrogen) atoms. The molecule has 0 aromatic heterocycles. The molecule has 1 aliphatic heterocycles. The molecule has 1 saturated heterocycles. The first-order valence-electron chi connectivity index (χ1n) is 7.97. The number of nitrogens with one attached hydrogen (secondary N) is 1. The molecule has 1 aliphatic rings. The number of anilines is 1. The third-order valence-electron chi connectivity index (χ3n) is 4.17. The lowest BCUT2D eigenvalue weighted by atomic mass is 10.1. The van der Waals surface area contributed by atoms with Crippen molar-refractivity contribution in [3.05, 3.63) is 29.6 Å². The molecule has 1 N–H and O–H groups in total. The second-order valence-electron chi connectivity index (χ2n) is 6.11. The summed E-state index contributed by atoms with van der Waals surface area (Å²) in [7, 11) is 3.84. The van der Waals surface area contributed by atoms with Crippen molar-refractivity contribution in [3.8, 4) is 0 Å². The monoisotopic (exact) mass is 307 g/mol. The molecule has 0 radical (unpaired) electrons. The zero-order valence-corrected chi connectivity index (χ0v) is 13.7. The van der Waals surface area contributed by atoms with E-state index in [2.05, 4.69) is 12.2 Å². The molecule has 1 atom stereocenters. The maximum Gasteiger partial charge on any atom is 0.222 e. The number of likely N-dealkylation sites (tertiary alicyclic amines) is 1. The molecule has 0 bridgehead atoms.